The summed E-state index contributed by atoms with van der Waals surface area (Å²) < 4.78 is 27.1. The highest BCUT2D eigenvalue weighted by Gasteiger charge is 2.45. The number of amides is 5. The molecule has 0 saturated carbocycles. The van der Waals surface area contributed by atoms with E-state index in [-0.39, 0.29) is 62.1 Å². The van der Waals surface area contributed by atoms with Gasteiger partial charge in [-0.3, -0.25) is 39.0 Å². The first-order chi connectivity index (χ1) is 18.8. The van der Waals surface area contributed by atoms with Crippen molar-refractivity contribution in [3.8, 4) is 5.75 Å². The molecule has 2 aliphatic rings. The van der Waals surface area contributed by atoms with Gasteiger partial charge in [0.25, 0.3) is 17.7 Å². The molecule has 0 radical (unpaired) electrons. The van der Waals surface area contributed by atoms with E-state index in [4.69, 9.17) is 28.5 Å². The summed E-state index contributed by atoms with van der Waals surface area (Å²) in [6.45, 7) is 2.23. The van der Waals surface area contributed by atoms with Crippen LogP contribution in [0.4, 0.5) is 0 Å². The summed E-state index contributed by atoms with van der Waals surface area (Å²) >= 11 is 0. The van der Waals surface area contributed by atoms with Crippen molar-refractivity contribution < 1.29 is 52.5 Å². The quantitative estimate of drug-likeness (QED) is 0.152. The fourth-order valence-corrected chi connectivity index (χ4v) is 3.83. The molecule has 14 heteroatoms. The van der Waals surface area contributed by atoms with Crippen LogP contribution in [0.5, 0.6) is 5.75 Å². The molecule has 1 N–H and O–H groups in total. The minimum atomic E-state index is -1.04. The Bertz CT molecular complexity index is 1050. The minimum Gasteiger partial charge on any atom is -0.490 e. The average Bonchev–Trinajstić information content (AvgIpc) is 3.18. The van der Waals surface area contributed by atoms with Crippen LogP contribution in [0.2, 0.25) is 0 Å². The van der Waals surface area contributed by atoms with Gasteiger partial charge in [-0.05, 0) is 18.6 Å². The molecule has 0 aromatic heterocycles. The summed E-state index contributed by atoms with van der Waals surface area (Å²) in [6, 6.07) is 3.63. The summed E-state index contributed by atoms with van der Waals surface area (Å²) in [7, 11) is 2.89. The van der Waals surface area contributed by atoms with Gasteiger partial charge in [0.05, 0.1) is 64.5 Å². The zero-order chi connectivity index (χ0) is 28.2. The zero-order valence-corrected chi connectivity index (χ0v) is 22.0. The van der Waals surface area contributed by atoms with Gasteiger partial charge in [0.1, 0.15) is 25.0 Å². The van der Waals surface area contributed by atoms with E-state index < -0.39 is 29.7 Å². The lowest BCUT2D eigenvalue weighted by molar-refractivity contribution is -0.173. The summed E-state index contributed by atoms with van der Waals surface area (Å²) in [5, 5.41) is 3.25. The maximum atomic E-state index is 13.0. The lowest BCUT2D eigenvalue weighted by Crippen LogP contribution is -2.54. The van der Waals surface area contributed by atoms with E-state index in [1.165, 1.54) is 20.2 Å². The highest BCUT2D eigenvalue weighted by atomic mass is 16.7. The van der Waals surface area contributed by atoms with Crippen molar-refractivity contribution in [2.45, 2.75) is 18.9 Å². The Kier molecular flexibility index (Phi) is 11.8. The van der Waals surface area contributed by atoms with Crippen LogP contribution in [-0.4, -0.2) is 119 Å². The van der Waals surface area contributed by atoms with E-state index in [9.17, 15) is 24.0 Å². The second kappa shape index (κ2) is 15.2. The largest absolute Gasteiger partial charge is 0.490 e. The molecule has 214 valence electrons. The van der Waals surface area contributed by atoms with Crippen molar-refractivity contribution in [3.05, 3.63) is 29.3 Å². The monoisotopic (exact) mass is 551 g/mol. The topological polar surface area (TPSA) is 159 Å². The zero-order valence-electron chi connectivity index (χ0n) is 22.0. The van der Waals surface area contributed by atoms with Crippen molar-refractivity contribution in [1.82, 2.24) is 15.3 Å². The van der Waals surface area contributed by atoms with Gasteiger partial charge in [-0.15, -0.1) is 0 Å². The van der Waals surface area contributed by atoms with Gasteiger partial charge in [0, 0.05) is 13.5 Å². The number of rotatable bonds is 17. The number of nitrogens with one attached hydrogen (secondary N) is 1. The molecule has 2 aliphatic heterocycles. The van der Waals surface area contributed by atoms with Gasteiger partial charge < -0.3 is 23.7 Å². The predicted molar refractivity (Wildman–Crippen MR) is 132 cm³/mol. The van der Waals surface area contributed by atoms with Crippen molar-refractivity contribution >= 4 is 29.5 Å². The Balaban J connectivity index is 1.27. The smallest absolute Gasteiger partial charge is 0.271 e. The summed E-state index contributed by atoms with van der Waals surface area (Å²) in [4.78, 5) is 66.6. The number of hydroxylamine groups is 2. The molecular weight excluding hydrogens is 518 g/mol. The van der Waals surface area contributed by atoms with Gasteiger partial charge in [0.15, 0.2) is 0 Å². The third kappa shape index (κ3) is 8.28. The molecule has 5 amide bonds. The molecule has 1 fully saturated rings. The average molecular weight is 552 g/mol. The molecule has 1 aromatic carbocycles. The van der Waals surface area contributed by atoms with Crippen molar-refractivity contribution in [2.75, 3.05) is 73.6 Å². The van der Waals surface area contributed by atoms with Crippen LogP contribution in [0.3, 0.4) is 0 Å². The van der Waals surface area contributed by atoms with Gasteiger partial charge in [-0.2, -0.15) is 0 Å². The molecule has 3 rings (SSSR count). The number of imide groups is 2. The van der Waals surface area contributed by atoms with Crippen LogP contribution < -0.4 is 10.1 Å². The maximum absolute atomic E-state index is 13.0. The lowest BCUT2D eigenvalue weighted by Gasteiger charge is -2.27. The van der Waals surface area contributed by atoms with E-state index in [1.54, 1.807) is 12.1 Å². The Hall–Kier alpha value is -3.43. The van der Waals surface area contributed by atoms with Crippen molar-refractivity contribution in [3.63, 3.8) is 0 Å². The molecule has 0 aliphatic carbocycles. The number of carbonyl (C=O) groups is 5. The molecular formula is C25H33N3O11. The summed E-state index contributed by atoms with van der Waals surface area (Å²) in [5.41, 5.74) is 0.243. The maximum Gasteiger partial charge on any atom is 0.271 e. The first-order valence-electron chi connectivity index (χ1n) is 12.4. The van der Waals surface area contributed by atoms with E-state index in [2.05, 4.69) is 5.32 Å². The fourth-order valence-electron chi connectivity index (χ4n) is 3.83. The number of piperidine rings is 1. The number of nitrogens with zero attached hydrogens (tertiary/aromatic N) is 2. The molecule has 1 atom stereocenters. The normalized spacial score (nSPS) is 16.9. The van der Waals surface area contributed by atoms with Crippen LogP contribution in [-0.2, 0) is 38.2 Å². The Morgan fingerprint density at radius 3 is 2.15 bits per heavy atom. The second-order valence-corrected chi connectivity index (χ2v) is 8.44. The van der Waals surface area contributed by atoms with E-state index in [1.807, 2.05) is 0 Å². The number of carbonyl (C=O) groups excluding carboxylic acids is 5. The number of ether oxygens (including phenoxy) is 5. The first-order valence-corrected chi connectivity index (χ1v) is 12.4. The molecule has 14 nitrogen and oxygen atoms in total. The third-order valence-electron chi connectivity index (χ3n) is 5.88. The SMILES string of the molecule is CON(C)C(=O)COCCOCCOCCOCCOc1cccc2c1C(=O)N(C1CCC(=O)NC1=O)C2=O. The highest BCUT2D eigenvalue weighted by molar-refractivity contribution is 6.24. The first kappa shape index (κ1) is 30.1. The standard InChI is InChI=1S/C25H33N3O11/c1-27(34-2)21(30)16-38-13-12-36-9-8-35-10-11-37-14-15-39-19-5-3-4-17-22(19)25(33)28(24(17)32)18-6-7-20(29)26-23(18)31/h3-5,18H,6-16H2,1-2H3,(H,26,29,31). The molecule has 1 aromatic rings. The molecule has 0 spiro atoms. The second-order valence-electron chi connectivity index (χ2n) is 8.44. The van der Waals surface area contributed by atoms with Gasteiger partial charge in [-0.25, -0.2) is 5.06 Å². The number of fused-ring (bicyclic) bond motifs is 1. The number of hydrogen-bond donors (Lipinski definition) is 1. The van der Waals surface area contributed by atoms with Gasteiger partial charge in [0.2, 0.25) is 11.8 Å². The fraction of sp³-hybridized carbons (Fsp3) is 0.560. The molecule has 39 heavy (non-hydrogen) atoms. The van der Waals surface area contributed by atoms with Crippen molar-refractivity contribution in [2.24, 2.45) is 0 Å². The lowest BCUT2D eigenvalue weighted by atomic mass is 10.0. The highest BCUT2D eigenvalue weighted by Crippen LogP contribution is 2.33. The number of hydrogen-bond acceptors (Lipinski definition) is 11. The number of likely N-dealkylation sites (N-methyl/N-ethyl adjacent to an activating group) is 1. The molecule has 1 saturated heterocycles. The number of benzene rings is 1. The summed E-state index contributed by atoms with van der Waals surface area (Å²) in [6.07, 6.45) is 0.130. The summed E-state index contributed by atoms with van der Waals surface area (Å²) in [5.74, 6) is -2.39. The van der Waals surface area contributed by atoms with Crippen LogP contribution in [0, 0.1) is 0 Å². The van der Waals surface area contributed by atoms with Gasteiger partial charge >= 0.3 is 0 Å². The molecule has 1 unspecified atom stereocenters. The van der Waals surface area contributed by atoms with Crippen LogP contribution >= 0.6 is 0 Å². The Morgan fingerprint density at radius 1 is 0.923 bits per heavy atom. The van der Waals surface area contributed by atoms with Crippen LogP contribution in [0.1, 0.15) is 33.6 Å². The predicted octanol–water partition coefficient (Wildman–Crippen LogP) is -0.447. The van der Waals surface area contributed by atoms with E-state index >= 15 is 0 Å². The Labute approximate surface area is 225 Å². The van der Waals surface area contributed by atoms with E-state index in [0.29, 0.717) is 33.0 Å². The van der Waals surface area contributed by atoms with Crippen LogP contribution in [0.15, 0.2) is 18.2 Å². The van der Waals surface area contributed by atoms with Gasteiger partial charge in [-0.1, -0.05) is 6.07 Å². The minimum absolute atomic E-state index is 0.0489. The molecule has 0 bridgehead atoms. The van der Waals surface area contributed by atoms with Crippen LogP contribution in [0.25, 0.3) is 0 Å². The Morgan fingerprint density at radius 2 is 1.54 bits per heavy atom. The molecule has 2 heterocycles. The van der Waals surface area contributed by atoms with Crippen molar-refractivity contribution in [1.29, 1.82) is 0 Å². The third-order valence-corrected chi connectivity index (χ3v) is 5.88. The van der Waals surface area contributed by atoms with E-state index in [0.717, 1.165) is 9.96 Å².